The second-order valence-corrected chi connectivity index (χ2v) is 7.91. The molecule has 146 valence electrons. The van der Waals surface area contributed by atoms with Crippen LogP contribution in [0, 0.1) is 3.70 Å². The van der Waals surface area contributed by atoms with E-state index in [0.717, 1.165) is 21.9 Å². The van der Waals surface area contributed by atoms with E-state index in [1.54, 1.807) is 18.7 Å². The normalized spacial score (nSPS) is 17.8. The largest absolute Gasteiger partial charge is 0.433 e. The number of fused-ring (bicyclic) bond motifs is 1. The summed E-state index contributed by atoms with van der Waals surface area (Å²) in [6, 6.07) is -0.0428. The maximum absolute atomic E-state index is 12.9. The van der Waals surface area contributed by atoms with Gasteiger partial charge in [0.05, 0.1) is 11.4 Å². The molecule has 1 fully saturated rings. The molecule has 2 aromatic rings. The molecule has 0 aliphatic carbocycles. The van der Waals surface area contributed by atoms with Crippen LogP contribution >= 0.6 is 22.6 Å². The molecule has 1 aliphatic heterocycles. The standard InChI is InChI=1S/C16H22IN7O3/c1-16(2,27-15(26)19-3)14(25)23-6-4-5-9(7-23)24-13-10(11(17)22-24)12(18)20-8-21-13/h8-9H,4-7H2,1-3H3,(H,19,26)(H2,18,20,21). The summed E-state index contributed by atoms with van der Waals surface area (Å²) in [4.78, 5) is 34.5. The Morgan fingerprint density at radius 1 is 1.41 bits per heavy atom. The molecule has 0 radical (unpaired) electrons. The fourth-order valence-electron chi connectivity index (χ4n) is 3.25. The lowest BCUT2D eigenvalue weighted by molar-refractivity contribution is -0.149. The Hall–Kier alpha value is -2.18. The molecule has 0 aromatic carbocycles. The number of nitrogen functional groups attached to an aromatic ring is 1. The summed E-state index contributed by atoms with van der Waals surface area (Å²) in [6.07, 6.45) is 2.45. The third kappa shape index (κ3) is 3.77. The Morgan fingerprint density at radius 3 is 2.85 bits per heavy atom. The second-order valence-electron chi connectivity index (χ2n) is 6.89. The minimum atomic E-state index is -1.25. The first-order valence-electron chi connectivity index (χ1n) is 8.59. The Balaban J connectivity index is 1.84. The fourth-order valence-corrected chi connectivity index (χ4v) is 4.00. The molecule has 3 rings (SSSR count). The molecular formula is C16H22IN7O3. The number of halogens is 1. The first-order chi connectivity index (χ1) is 12.7. The SMILES string of the molecule is CNC(=O)OC(C)(C)C(=O)N1CCCC(n2nc(I)c3c(N)ncnc32)C1. The van der Waals surface area contributed by atoms with E-state index in [2.05, 4.69) is 43.0 Å². The average Bonchev–Trinajstić information content (AvgIpc) is 2.98. The van der Waals surface area contributed by atoms with Crippen molar-refractivity contribution in [3.63, 3.8) is 0 Å². The van der Waals surface area contributed by atoms with Gasteiger partial charge in [-0.05, 0) is 49.3 Å². The van der Waals surface area contributed by atoms with Gasteiger partial charge in [0.1, 0.15) is 15.8 Å². The van der Waals surface area contributed by atoms with Crippen molar-refractivity contribution in [2.24, 2.45) is 0 Å². The van der Waals surface area contributed by atoms with Crippen LogP contribution < -0.4 is 11.1 Å². The monoisotopic (exact) mass is 487 g/mol. The first-order valence-corrected chi connectivity index (χ1v) is 9.66. The smallest absolute Gasteiger partial charge is 0.407 e. The third-order valence-corrected chi connectivity index (χ3v) is 5.33. The highest BCUT2D eigenvalue weighted by Crippen LogP contribution is 2.30. The van der Waals surface area contributed by atoms with Crippen molar-refractivity contribution in [1.82, 2.24) is 30.0 Å². The van der Waals surface area contributed by atoms with Crippen molar-refractivity contribution >= 4 is 51.4 Å². The number of hydrogen-bond donors (Lipinski definition) is 2. The van der Waals surface area contributed by atoms with Crippen molar-refractivity contribution in [2.45, 2.75) is 38.3 Å². The number of nitrogens with two attached hydrogens (primary N) is 1. The number of nitrogens with one attached hydrogen (secondary N) is 1. The van der Waals surface area contributed by atoms with Gasteiger partial charge in [-0.3, -0.25) is 4.79 Å². The van der Waals surface area contributed by atoms with E-state index in [1.165, 1.54) is 13.4 Å². The maximum Gasteiger partial charge on any atom is 0.407 e. The molecule has 1 unspecified atom stereocenters. The van der Waals surface area contributed by atoms with Crippen LogP contribution in [0.5, 0.6) is 0 Å². The lowest BCUT2D eigenvalue weighted by atomic mass is 10.0. The van der Waals surface area contributed by atoms with Crippen LogP contribution in [0.1, 0.15) is 32.7 Å². The van der Waals surface area contributed by atoms with Crippen molar-refractivity contribution < 1.29 is 14.3 Å². The lowest BCUT2D eigenvalue weighted by Crippen LogP contribution is -2.52. The summed E-state index contributed by atoms with van der Waals surface area (Å²) in [7, 11) is 1.46. The minimum Gasteiger partial charge on any atom is -0.433 e. The quantitative estimate of drug-likeness (QED) is 0.625. The third-order valence-electron chi connectivity index (χ3n) is 4.57. The number of rotatable bonds is 3. The number of aromatic nitrogens is 4. The van der Waals surface area contributed by atoms with E-state index in [-0.39, 0.29) is 11.9 Å². The molecule has 0 bridgehead atoms. The predicted molar refractivity (Wildman–Crippen MR) is 107 cm³/mol. The summed E-state index contributed by atoms with van der Waals surface area (Å²) in [5.41, 5.74) is 5.37. The molecule has 1 atom stereocenters. The van der Waals surface area contributed by atoms with Gasteiger partial charge in [0, 0.05) is 20.1 Å². The van der Waals surface area contributed by atoms with Gasteiger partial charge in [0.15, 0.2) is 11.2 Å². The van der Waals surface area contributed by atoms with Crippen LogP contribution in [-0.4, -0.2) is 62.4 Å². The van der Waals surface area contributed by atoms with E-state index in [4.69, 9.17) is 10.5 Å². The van der Waals surface area contributed by atoms with Gasteiger partial charge in [0.2, 0.25) is 0 Å². The average molecular weight is 487 g/mol. The highest BCUT2D eigenvalue weighted by atomic mass is 127. The number of nitrogens with zero attached hydrogens (tertiary/aromatic N) is 5. The Kier molecular flexibility index (Phi) is 5.40. The van der Waals surface area contributed by atoms with Gasteiger partial charge in [-0.15, -0.1) is 0 Å². The number of amides is 2. The molecule has 1 saturated heterocycles. The van der Waals surface area contributed by atoms with E-state index >= 15 is 0 Å². The topological polar surface area (TPSA) is 128 Å². The van der Waals surface area contributed by atoms with Gasteiger partial charge in [-0.25, -0.2) is 19.4 Å². The fraction of sp³-hybridized carbons (Fsp3) is 0.562. The summed E-state index contributed by atoms with van der Waals surface area (Å²) in [5, 5.41) is 7.67. The maximum atomic E-state index is 12.9. The molecule has 2 aromatic heterocycles. The van der Waals surface area contributed by atoms with Gasteiger partial charge in [-0.2, -0.15) is 5.10 Å². The lowest BCUT2D eigenvalue weighted by Gasteiger charge is -2.37. The number of alkyl carbamates (subject to hydrolysis) is 1. The van der Waals surface area contributed by atoms with Gasteiger partial charge in [-0.1, -0.05) is 0 Å². The number of anilines is 1. The number of carbonyl (C=O) groups excluding carboxylic acids is 2. The summed E-state index contributed by atoms with van der Waals surface area (Å²) >= 11 is 2.11. The molecule has 1 aliphatic rings. The van der Waals surface area contributed by atoms with Crippen LogP contribution in [0.3, 0.4) is 0 Å². The molecule has 27 heavy (non-hydrogen) atoms. The van der Waals surface area contributed by atoms with E-state index in [0.29, 0.717) is 24.6 Å². The summed E-state index contributed by atoms with van der Waals surface area (Å²) in [5.74, 6) is 0.149. The second kappa shape index (κ2) is 7.44. The number of carbonyl (C=O) groups is 2. The van der Waals surface area contributed by atoms with Crippen molar-refractivity contribution in [2.75, 3.05) is 25.9 Å². The van der Waals surface area contributed by atoms with Crippen LogP contribution in [0.15, 0.2) is 6.33 Å². The summed E-state index contributed by atoms with van der Waals surface area (Å²) < 4.78 is 7.78. The molecule has 3 heterocycles. The number of piperidine rings is 1. The van der Waals surface area contributed by atoms with Crippen LogP contribution in [0.2, 0.25) is 0 Å². The van der Waals surface area contributed by atoms with E-state index in [9.17, 15) is 9.59 Å². The highest BCUT2D eigenvalue weighted by Gasteiger charge is 2.38. The Morgan fingerprint density at radius 2 is 2.15 bits per heavy atom. The van der Waals surface area contributed by atoms with Gasteiger partial charge < -0.3 is 20.7 Å². The van der Waals surface area contributed by atoms with E-state index in [1.807, 2.05) is 4.68 Å². The number of likely N-dealkylation sites (tertiary alicyclic amines) is 1. The molecule has 3 N–H and O–H groups in total. The van der Waals surface area contributed by atoms with Crippen molar-refractivity contribution in [3.8, 4) is 0 Å². The Labute approximate surface area is 170 Å². The molecular weight excluding hydrogens is 465 g/mol. The minimum absolute atomic E-state index is 0.0428. The van der Waals surface area contributed by atoms with Gasteiger partial charge >= 0.3 is 6.09 Å². The van der Waals surface area contributed by atoms with Crippen LogP contribution in [-0.2, 0) is 9.53 Å². The number of ether oxygens (including phenoxy) is 1. The first kappa shape index (κ1) is 19.6. The molecule has 2 amide bonds. The van der Waals surface area contributed by atoms with Gasteiger partial charge in [0.25, 0.3) is 5.91 Å². The number of hydrogen-bond acceptors (Lipinski definition) is 7. The highest BCUT2D eigenvalue weighted by molar-refractivity contribution is 14.1. The molecule has 0 saturated carbocycles. The summed E-state index contributed by atoms with van der Waals surface area (Å²) in [6.45, 7) is 4.24. The van der Waals surface area contributed by atoms with Crippen molar-refractivity contribution in [1.29, 1.82) is 0 Å². The zero-order chi connectivity index (χ0) is 19.8. The van der Waals surface area contributed by atoms with Crippen LogP contribution in [0.4, 0.5) is 10.6 Å². The molecule has 10 nitrogen and oxygen atoms in total. The molecule has 11 heteroatoms. The van der Waals surface area contributed by atoms with Crippen molar-refractivity contribution in [3.05, 3.63) is 10.0 Å². The Bertz CT molecular complexity index is 882. The van der Waals surface area contributed by atoms with E-state index < -0.39 is 11.7 Å². The van der Waals surface area contributed by atoms with Crippen LogP contribution in [0.25, 0.3) is 11.0 Å². The zero-order valence-electron chi connectivity index (χ0n) is 15.4. The predicted octanol–water partition coefficient (Wildman–Crippen LogP) is 1.31. The molecule has 0 spiro atoms. The zero-order valence-corrected chi connectivity index (χ0v) is 17.6.